The summed E-state index contributed by atoms with van der Waals surface area (Å²) in [4.78, 5) is 38.3. The van der Waals surface area contributed by atoms with Crippen molar-refractivity contribution in [2.45, 2.75) is 118 Å². The molecule has 0 bridgehead atoms. The van der Waals surface area contributed by atoms with Gasteiger partial charge in [-0.05, 0) is 181 Å². The Balaban J connectivity index is 0.000000152. The summed E-state index contributed by atoms with van der Waals surface area (Å²) in [6.07, 6.45) is 20.1. The van der Waals surface area contributed by atoms with E-state index in [0.717, 1.165) is 148 Å². The molecule has 7 aliphatic rings. The number of rotatable bonds is 14. The molecule has 0 spiro atoms. The number of hydrogen-bond acceptors (Lipinski definition) is 12. The molecule has 9 heterocycles. The fourth-order valence-electron chi connectivity index (χ4n) is 11.6. The molecule has 0 unspecified atom stereocenters. The number of likely N-dealkylation sites (tertiary alicyclic amines) is 2. The molecule has 442 valence electrons. The number of anilines is 2. The summed E-state index contributed by atoms with van der Waals surface area (Å²) in [5, 5.41) is 8.88. The standard InChI is InChI=1S/C28H35N5O2.C19H30BNO3.C15H17BrN4O.2CH4/c34-28(23-4-5-23)32-16-14-31(15-17-32)26-10-11-29-33-21-24(20-27(26)33)22-6-8-25(9-7-22)35-19-18-30-12-2-1-3-13-30;1-18(2)19(3,4)24-20(23-18)16-8-10-17(11-9-16)22-15-14-21-12-6-5-7-13-21;16-12-9-14-13(3-4-17-20(14)10-12)18-5-7-19(8-6-18)15(21)11-1-2-11;;/h6-11,20-21,23H,1-5,12-19H2;8-11H,5-7,12-15H2,1-4H3;3-4,9-11H,1-2,5-8H2;2*1H4. The molecule has 0 radical (unpaired) electrons. The van der Waals surface area contributed by atoms with E-state index in [9.17, 15) is 9.59 Å². The van der Waals surface area contributed by atoms with E-state index in [1.807, 2.05) is 61.7 Å². The zero-order chi connectivity index (χ0) is 55.2. The molecule has 18 heteroatoms. The van der Waals surface area contributed by atoms with Gasteiger partial charge >= 0.3 is 7.12 Å². The molecule has 0 N–H and O–H groups in total. The van der Waals surface area contributed by atoms with Crippen molar-refractivity contribution in [1.82, 2.24) is 38.8 Å². The number of carbonyl (C=O) groups is 2. The summed E-state index contributed by atoms with van der Waals surface area (Å²) in [6, 6.07) is 25.0. The van der Waals surface area contributed by atoms with Gasteiger partial charge < -0.3 is 38.4 Å². The Morgan fingerprint density at radius 2 is 0.976 bits per heavy atom. The van der Waals surface area contributed by atoms with Crippen LogP contribution in [0.3, 0.4) is 0 Å². The molecule has 6 aromatic rings. The van der Waals surface area contributed by atoms with E-state index in [2.05, 4.69) is 128 Å². The minimum Gasteiger partial charge on any atom is -0.492 e. The van der Waals surface area contributed by atoms with Crippen LogP contribution in [0, 0.1) is 11.8 Å². The second kappa shape index (κ2) is 27.4. The summed E-state index contributed by atoms with van der Waals surface area (Å²) in [5.41, 5.74) is 7.31. The Bertz CT molecular complexity index is 2990. The number of amides is 2. The van der Waals surface area contributed by atoms with Gasteiger partial charge in [-0.1, -0.05) is 52.0 Å². The lowest BCUT2D eigenvalue weighted by Crippen LogP contribution is -2.49. The highest BCUT2D eigenvalue weighted by molar-refractivity contribution is 9.10. The van der Waals surface area contributed by atoms with Crippen LogP contribution in [0.4, 0.5) is 11.4 Å². The van der Waals surface area contributed by atoms with Crippen LogP contribution in [0.5, 0.6) is 11.5 Å². The molecule has 4 aromatic heterocycles. The van der Waals surface area contributed by atoms with Crippen LogP contribution in [0.1, 0.15) is 107 Å². The number of piperazine rings is 2. The van der Waals surface area contributed by atoms with Gasteiger partial charge in [0.15, 0.2) is 0 Å². The third kappa shape index (κ3) is 15.0. The first-order valence-electron chi connectivity index (χ1n) is 29.8. The minimum atomic E-state index is -0.308. The molecule has 82 heavy (non-hydrogen) atoms. The average molecular weight is 1190 g/mol. The molecular weight excluding hydrogens is 1100 g/mol. The number of benzene rings is 2. The van der Waals surface area contributed by atoms with Crippen molar-refractivity contribution < 1.29 is 28.4 Å². The van der Waals surface area contributed by atoms with Crippen LogP contribution in [0.15, 0.2) is 102 Å². The van der Waals surface area contributed by atoms with Gasteiger partial charge in [0.05, 0.1) is 33.6 Å². The molecule has 7 fully saturated rings. The third-order valence-corrected chi connectivity index (χ3v) is 17.9. The van der Waals surface area contributed by atoms with Crippen LogP contribution < -0.4 is 24.7 Å². The van der Waals surface area contributed by atoms with Crippen molar-refractivity contribution in [1.29, 1.82) is 0 Å². The van der Waals surface area contributed by atoms with E-state index in [0.29, 0.717) is 23.7 Å². The Hall–Kier alpha value is -5.66. The maximum absolute atomic E-state index is 12.4. The summed E-state index contributed by atoms with van der Waals surface area (Å²) < 4.78 is 28.9. The van der Waals surface area contributed by atoms with Crippen LogP contribution in [0.2, 0.25) is 0 Å². The second-order valence-corrected chi connectivity index (χ2v) is 24.8. The topological polar surface area (TPSA) is 125 Å². The molecule has 5 saturated heterocycles. The first kappa shape index (κ1) is 60.9. The summed E-state index contributed by atoms with van der Waals surface area (Å²) >= 11 is 3.50. The smallest absolute Gasteiger partial charge is 0.492 e. The van der Waals surface area contributed by atoms with Crippen molar-refractivity contribution in [2.75, 3.05) is 115 Å². The normalized spacial score (nSPS) is 20.0. The number of fused-ring (bicyclic) bond motifs is 2. The molecule has 2 amide bonds. The highest BCUT2D eigenvalue weighted by Crippen LogP contribution is 2.37. The van der Waals surface area contributed by atoms with Gasteiger partial charge in [0.2, 0.25) is 11.8 Å². The van der Waals surface area contributed by atoms with E-state index in [4.69, 9.17) is 18.8 Å². The maximum Gasteiger partial charge on any atom is 0.494 e. The zero-order valence-corrected chi connectivity index (χ0v) is 49.2. The molecule has 13 rings (SSSR count). The molecule has 2 saturated carbocycles. The Kier molecular flexibility index (Phi) is 20.3. The van der Waals surface area contributed by atoms with Gasteiger partial charge in [0.1, 0.15) is 24.7 Å². The lowest BCUT2D eigenvalue weighted by Gasteiger charge is -2.36. The number of nitrogens with zero attached hydrogens (tertiary/aromatic N) is 10. The van der Waals surface area contributed by atoms with Crippen molar-refractivity contribution in [2.24, 2.45) is 11.8 Å². The third-order valence-electron chi connectivity index (χ3n) is 17.5. The van der Waals surface area contributed by atoms with Gasteiger partial charge in [0, 0.05) is 112 Å². The van der Waals surface area contributed by atoms with Crippen LogP contribution in [0.25, 0.3) is 22.2 Å². The second-order valence-electron chi connectivity index (χ2n) is 23.8. The number of aromatic nitrogens is 4. The molecule has 2 aliphatic carbocycles. The van der Waals surface area contributed by atoms with E-state index in [1.54, 1.807) is 0 Å². The first-order valence-corrected chi connectivity index (χ1v) is 30.6. The van der Waals surface area contributed by atoms with Crippen LogP contribution >= 0.6 is 15.9 Å². The monoisotopic (exact) mass is 1180 g/mol. The Morgan fingerprint density at radius 1 is 0.549 bits per heavy atom. The minimum absolute atomic E-state index is 0. The lowest BCUT2D eigenvalue weighted by molar-refractivity contribution is -0.133. The first-order chi connectivity index (χ1) is 38.8. The molecule has 2 aromatic carbocycles. The van der Waals surface area contributed by atoms with Crippen molar-refractivity contribution in [3.05, 3.63) is 102 Å². The molecule has 0 atom stereocenters. The van der Waals surface area contributed by atoms with E-state index < -0.39 is 0 Å². The Morgan fingerprint density at radius 3 is 1.43 bits per heavy atom. The highest BCUT2D eigenvalue weighted by atomic mass is 79.9. The number of hydrogen-bond donors (Lipinski definition) is 0. The fourth-order valence-corrected chi connectivity index (χ4v) is 12.0. The van der Waals surface area contributed by atoms with Gasteiger partial charge in [-0.3, -0.25) is 19.4 Å². The number of ether oxygens (including phenoxy) is 2. The van der Waals surface area contributed by atoms with Crippen molar-refractivity contribution in [3.8, 4) is 22.6 Å². The average Bonchev–Trinajstić information content (AvgIpc) is 4.43. The number of carbonyl (C=O) groups excluding carboxylic acids is 2. The molecule has 5 aliphatic heterocycles. The quantitative estimate of drug-likeness (QED) is 0.0965. The summed E-state index contributed by atoms with van der Waals surface area (Å²) in [7, 11) is -0.308. The largest absolute Gasteiger partial charge is 0.494 e. The number of halogens is 1. The Labute approximate surface area is 496 Å². The van der Waals surface area contributed by atoms with Gasteiger partial charge in [-0.15, -0.1) is 0 Å². The number of piperidine rings is 2. The van der Waals surface area contributed by atoms with Crippen molar-refractivity contribution in [3.63, 3.8) is 0 Å². The van der Waals surface area contributed by atoms with E-state index in [-0.39, 0.29) is 33.2 Å². The van der Waals surface area contributed by atoms with E-state index >= 15 is 0 Å². The highest BCUT2D eigenvalue weighted by Gasteiger charge is 2.51. The van der Waals surface area contributed by atoms with Crippen LogP contribution in [-0.2, 0) is 18.9 Å². The fraction of sp³-hybridized carbons (Fsp3) is 0.562. The van der Waals surface area contributed by atoms with Gasteiger partial charge in [-0.25, -0.2) is 9.03 Å². The predicted octanol–water partition coefficient (Wildman–Crippen LogP) is 10.2. The molecule has 16 nitrogen and oxygen atoms in total. The van der Waals surface area contributed by atoms with Gasteiger partial charge in [-0.2, -0.15) is 10.2 Å². The predicted molar refractivity (Wildman–Crippen MR) is 334 cm³/mol. The van der Waals surface area contributed by atoms with Crippen molar-refractivity contribution >= 4 is 62.7 Å². The van der Waals surface area contributed by atoms with Crippen LogP contribution in [-0.4, -0.2) is 174 Å². The SMILES string of the molecule is C.C.CC1(C)OB(c2ccc(OCCN3CCCCC3)cc2)OC1(C)C.O=C(C1CC1)N1CCN(c2ccnn3cc(-c4ccc(OCCN5CCCCC5)cc4)cc23)CC1.O=C(C1CC1)N1CCN(c2ccnn3cc(Br)cc23)CC1. The summed E-state index contributed by atoms with van der Waals surface area (Å²) in [6.45, 7) is 23.4. The van der Waals surface area contributed by atoms with Gasteiger partial charge in [0.25, 0.3) is 0 Å². The van der Waals surface area contributed by atoms with E-state index in [1.165, 1.54) is 76.1 Å². The molecular formula is C64H90BBrN10O6. The zero-order valence-electron chi connectivity index (χ0n) is 47.7. The lowest BCUT2D eigenvalue weighted by atomic mass is 9.79. The maximum atomic E-state index is 12.4. The summed E-state index contributed by atoms with van der Waals surface area (Å²) in [5.74, 6) is 3.17.